The highest BCUT2D eigenvalue weighted by molar-refractivity contribution is 6.05. The van der Waals surface area contributed by atoms with Crippen molar-refractivity contribution in [3.63, 3.8) is 0 Å². The van der Waals surface area contributed by atoms with Crippen LogP contribution < -0.4 is 15.5 Å². The lowest BCUT2D eigenvalue weighted by atomic mass is 10.0. The van der Waals surface area contributed by atoms with Gasteiger partial charge in [0.1, 0.15) is 23.5 Å². The van der Waals surface area contributed by atoms with Crippen molar-refractivity contribution < 1.29 is 4.92 Å². The average molecular weight is 949 g/mol. The third kappa shape index (κ3) is 11.7. The van der Waals surface area contributed by atoms with Gasteiger partial charge in [0, 0.05) is 93.5 Å². The highest BCUT2D eigenvalue weighted by atomic mass is 16.6. The van der Waals surface area contributed by atoms with E-state index >= 15 is 0 Å². The number of rotatable bonds is 12. The van der Waals surface area contributed by atoms with Crippen molar-refractivity contribution >= 4 is 62.0 Å². The fourth-order valence-electron chi connectivity index (χ4n) is 9.18. The molecule has 0 saturated carbocycles. The number of imidazole rings is 2. The molecule has 4 aromatic heterocycles. The van der Waals surface area contributed by atoms with E-state index in [1.807, 2.05) is 30.5 Å². The molecule has 0 aliphatic carbocycles. The molecule has 71 heavy (non-hydrogen) atoms. The number of anilines is 3. The Hall–Kier alpha value is -8.00. The highest BCUT2D eigenvalue weighted by Gasteiger charge is 2.22. The van der Waals surface area contributed by atoms with Crippen LogP contribution >= 0.6 is 0 Å². The summed E-state index contributed by atoms with van der Waals surface area (Å²) in [5, 5.41) is 11.2. The first kappa shape index (κ1) is 48.0. The number of nitrogens with one attached hydrogen (secondary N) is 2. The number of hydrogen-bond acceptors (Lipinski definition) is 12. The van der Waals surface area contributed by atoms with Gasteiger partial charge in [-0.15, -0.1) is 4.98 Å². The number of fused-ring (bicyclic) bond motifs is 3. The van der Waals surface area contributed by atoms with Gasteiger partial charge in [-0.3, -0.25) is 29.9 Å². The van der Waals surface area contributed by atoms with Gasteiger partial charge in [0.15, 0.2) is 0 Å². The quantitative estimate of drug-likeness (QED) is 0.0459. The number of aromatic amines is 2. The molecule has 4 aromatic carbocycles. The van der Waals surface area contributed by atoms with Gasteiger partial charge >= 0.3 is 0 Å². The van der Waals surface area contributed by atoms with Gasteiger partial charge in [-0.25, -0.2) is 9.97 Å². The lowest BCUT2D eigenvalue weighted by Crippen LogP contribution is -2.46. The molecule has 2 saturated heterocycles. The number of nitrogens with two attached hydrogens (primary N) is 1. The number of piperazine rings is 2. The van der Waals surface area contributed by atoms with Crippen LogP contribution in [0.15, 0.2) is 127 Å². The first-order valence-electron chi connectivity index (χ1n) is 24.6. The molecule has 2 fully saturated rings. The van der Waals surface area contributed by atoms with E-state index < -0.39 is 4.92 Å². The molecule has 11 rings (SSSR count). The summed E-state index contributed by atoms with van der Waals surface area (Å²) < 4.78 is 0. The fraction of sp³-hybridized carbons (Fsp3) is 0.309. The first-order valence-corrected chi connectivity index (χ1v) is 24.6. The van der Waals surface area contributed by atoms with Crippen molar-refractivity contribution in [3.8, 4) is 22.8 Å². The summed E-state index contributed by atoms with van der Waals surface area (Å²) in [5.74, 6) is 1.96. The summed E-state index contributed by atoms with van der Waals surface area (Å²) in [4.78, 5) is 53.2. The zero-order valence-electron chi connectivity index (χ0n) is 40.5. The van der Waals surface area contributed by atoms with Gasteiger partial charge in [-0.1, -0.05) is 45.4 Å². The van der Waals surface area contributed by atoms with Crippen molar-refractivity contribution in [1.29, 1.82) is 0 Å². The number of pyridine rings is 2. The summed E-state index contributed by atoms with van der Waals surface area (Å²) in [6.07, 6.45) is 9.27. The van der Waals surface area contributed by atoms with Crippen LogP contribution in [0.3, 0.4) is 0 Å². The Morgan fingerprint density at radius 1 is 0.676 bits per heavy atom. The van der Waals surface area contributed by atoms with Gasteiger partial charge in [0.2, 0.25) is 0 Å². The Kier molecular flexibility index (Phi) is 15.3. The maximum absolute atomic E-state index is 11.2. The maximum atomic E-state index is 11.2. The summed E-state index contributed by atoms with van der Waals surface area (Å²) in [5.41, 5.74) is 18.0. The van der Waals surface area contributed by atoms with E-state index in [1.165, 1.54) is 61.8 Å². The number of nitrogen functional groups attached to an aromatic ring is 1. The van der Waals surface area contributed by atoms with Gasteiger partial charge < -0.3 is 30.3 Å². The van der Waals surface area contributed by atoms with Crippen molar-refractivity contribution in [3.05, 3.63) is 154 Å². The number of nitro benzene ring substituents is 1. The summed E-state index contributed by atoms with van der Waals surface area (Å²) in [7, 11) is 0. The minimum Gasteiger partial charge on any atom is -0.393 e. The van der Waals surface area contributed by atoms with Crippen molar-refractivity contribution in [2.24, 2.45) is 4.99 Å². The van der Waals surface area contributed by atoms with E-state index in [0.29, 0.717) is 17.2 Å². The van der Waals surface area contributed by atoms with Gasteiger partial charge in [-0.05, 0) is 122 Å². The van der Waals surface area contributed by atoms with Gasteiger partial charge in [0.25, 0.3) is 11.5 Å². The molecule has 7 heterocycles. The monoisotopic (exact) mass is 949 g/mol. The summed E-state index contributed by atoms with van der Waals surface area (Å²) in [6.45, 7) is 22.1. The smallest absolute Gasteiger partial charge is 0.292 e. The third-order valence-corrected chi connectivity index (χ3v) is 13.3. The first-order chi connectivity index (χ1) is 34.7. The molecular weight excluding hydrogens is 889 g/mol. The number of H-pyrrole nitrogens is 2. The SMILES string of the molecule is CCCCN1CCN(c2ccc3nc(-c4ccc(N)c([N+](=O)[O-])c4)[nH]c3c2)CC1.CCCCN1CCN(c2ccc3nc(-c4ccc5c(c4)CC(c4ccccn4)=N5)[nH]c3c2)CC1.[C-]#[N+]c1ccccn1. The molecule has 4 N–H and O–H groups in total. The molecule has 362 valence electrons. The molecule has 0 spiro atoms. The molecule has 0 bridgehead atoms. The van der Waals surface area contributed by atoms with E-state index in [2.05, 4.69) is 112 Å². The second kappa shape index (κ2) is 22.6. The van der Waals surface area contributed by atoms with Crippen molar-refractivity contribution in [2.75, 3.05) is 81.0 Å². The number of aromatic nitrogens is 6. The largest absolute Gasteiger partial charge is 0.393 e. The molecule has 0 atom stereocenters. The van der Waals surface area contributed by atoms with E-state index in [4.69, 9.17) is 22.3 Å². The highest BCUT2D eigenvalue weighted by Crippen LogP contribution is 2.34. The molecule has 16 nitrogen and oxygen atoms in total. The second-order valence-corrected chi connectivity index (χ2v) is 18.1. The second-order valence-electron chi connectivity index (χ2n) is 18.1. The topological polar surface area (TPSA) is 182 Å². The normalized spacial score (nSPS) is 14.8. The molecule has 8 aromatic rings. The predicted molar refractivity (Wildman–Crippen MR) is 286 cm³/mol. The van der Waals surface area contributed by atoms with E-state index in [-0.39, 0.29) is 11.4 Å². The van der Waals surface area contributed by atoms with Crippen LogP contribution in [0.5, 0.6) is 0 Å². The standard InChI is InChI=1S/C28H30N6.C21H26N6O2.C6H4N2/c1-2-3-12-33-13-15-34(16-14-33)22-8-10-25-27(19-22)32-28(31-25)20-7-9-23-21(17-20)18-26(30-23)24-6-4-5-11-29-24;1-2-3-8-25-9-11-26(12-10-25)16-5-7-18-19(14-16)24-21(23-18)15-4-6-17(22)20(13-15)27(28)29;1-7-6-4-2-3-5-8-6/h4-11,17,19H,2-3,12-16,18H2,1H3,(H,31,32);4-7,13-14H,2-3,8-12,22H2,1H3,(H,23,24);2-5H. The fourth-order valence-corrected chi connectivity index (χ4v) is 9.18. The van der Waals surface area contributed by atoms with Crippen molar-refractivity contribution in [2.45, 2.75) is 46.0 Å². The van der Waals surface area contributed by atoms with E-state index in [0.717, 1.165) is 109 Å². The van der Waals surface area contributed by atoms with Crippen LogP contribution in [0, 0.1) is 16.7 Å². The zero-order chi connectivity index (χ0) is 49.1. The third-order valence-electron chi connectivity index (χ3n) is 13.3. The van der Waals surface area contributed by atoms with Crippen LogP contribution in [-0.4, -0.2) is 116 Å². The Morgan fingerprint density at radius 3 is 1.75 bits per heavy atom. The van der Waals surface area contributed by atoms with Crippen LogP contribution in [0.1, 0.15) is 50.8 Å². The number of nitrogens with zero attached hydrogens (tertiary/aromatic N) is 11. The van der Waals surface area contributed by atoms with E-state index in [9.17, 15) is 10.1 Å². The van der Waals surface area contributed by atoms with E-state index in [1.54, 1.807) is 36.5 Å². The Bertz CT molecular complexity index is 3150. The van der Waals surface area contributed by atoms with Crippen LogP contribution in [-0.2, 0) is 6.42 Å². The zero-order valence-corrected chi connectivity index (χ0v) is 40.5. The lowest BCUT2D eigenvalue weighted by Gasteiger charge is -2.36. The van der Waals surface area contributed by atoms with Crippen LogP contribution in [0.4, 0.5) is 34.3 Å². The van der Waals surface area contributed by atoms with Gasteiger partial charge in [0.05, 0.1) is 44.1 Å². The maximum Gasteiger partial charge on any atom is 0.292 e. The lowest BCUT2D eigenvalue weighted by molar-refractivity contribution is -0.383. The number of benzene rings is 4. The molecule has 0 radical (unpaired) electrons. The molecule has 0 amide bonds. The summed E-state index contributed by atoms with van der Waals surface area (Å²) >= 11 is 0. The Balaban J connectivity index is 0.000000153. The molecule has 0 unspecified atom stereocenters. The number of nitro groups is 1. The molecule has 3 aliphatic rings. The predicted octanol–water partition coefficient (Wildman–Crippen LogP) is 10.5. The minimum absolute atomic E-state index is 0.107. The number of hydrogen-bond donors (Lipinski definition) is 3. The molecular formula is C55H60N14O2. The Morgan fingerprint density at radius 2 is 1.24 bits per heavy atom. The minimum atomic E-state index is -0.472. The van der Waals surface area contributed by atoms with Crippen LogP contribution in [0.25, 0.3) is 49.7 Å². The summed E-state index contributed by atoms with van der Waals surface area (Å²) in [6, 6.07) is 35.2. The number of unbranched alkanes of at least 4 members (excludes halogenated alkanes) is 2. The Labute approximate surface area is 414 Å². The molecule has 3 aliphatic heterocycles. The van der Waals surface area contributed by atoms with Crippen molar-refractivity contribution in [1.82, 2.24) is 39.7 Å². The average Bonchev–Trinajstić information content (AvgIpc) is 4.18. The number of aliphatic imine (C=N–C) groups is 1. The molecule has 16 heteroatoms. The van der Waals surface area contributed by atoms with Crippen LogP contribution in [0.2, 0.25) is 0 Å². The van der Waals surface area contributed by atoms with Gasteiger partial charge in [-0.2, -0.15) is 0 Å².